The molecule has 6 nitrogen and oxygen atoms in total. The van der Waals surface area contributed by atoms with Crippen molar-refractivity contribution in [1.29, 1.82) is 0 Å². The van der Waals surface area contributed by atoms with Crippen molar-refractivity contribution >= 4 is 0 Å². The number of hydrogen-bond acceptors (Lipinski definition) is 4. The summed E-state index contributed by atoms with van der Waals surface area (Å²) in [6.45, 7) is 8.73. The minimum absolute atomic E-state index is 0.0491. The van der Waals surface area contributed by atoms with Gasteiger partial charge < -0.3 is 4.74 Å². The molecule has 0 bridgehead atoms. The van der Waals surface area contributed by atoms with Crippen LogP contribution >= 0.6 is 0 Å². The zero-order valence-electron chi connectivity index (χ0n) is 12.6. The highest BCUT2D eigenvalue weighted by atomic mass is 17.2. The molecule has 0 spiro atoms. The maximum Gasteiger partial charge on any atom is 0.138 e. The fourth-order valence-electron chi connectivity index (χ4n) is 1.41. The van der Waals surface area contributed by atoms with Crippen LogP contribution in [0, 0.1) is 0 Å². The number of rotatable bonds is 12. The van der Waals surface area contributed by atoms with Crippen molar-refractivity contribution in [2.75, 3.05) is 48.0 Å². The largest absolute Gasteiger partial charge is 0.502 e. The van der Waals surface area contributed by atoms with Crippen LogP contribution in [0.3, 0.4) is 0 Å². The van der Waals surface area contributed by atoms with E-state index in [1.165, 1.54) is 6.26 Å². The maximum absolute atomic E-state index is 5.69. The molecule has 0 aromatic heterocycles. The van der Waals surface area contributed by atoms with Crippen molar-refractivity contribution in [3.05, 3.63) is 25.5 Å². The normalized spacial score (nSPS) is 12.2. The molecule has 0 aliphatic carbocycles. The average molecular weight is 276 g/mol. The van der Waals surface area contributed by atoms with Gasteiger partial charge in [-0.1, -0.05) is 12.7 Å². The van der Waals surface area contributed by atoms with E-state index in [1.807, 2.05) is 0 Å². The zero-order chi connectivity index (χ0) is 14.8. The maximum atomic E-state index is 5.69. The van der Waals surface area contributed by atoms with E-state index in [0.29, 0.717) is 19.8 Å². The van der Waals surface area contributed by atoms with Gasteiger partial charge in [-0.2, -0.15) is 9.68 Å². The molecule has 0 rings (SSSR count). The van der Waals surface area contributed by atoms with Gasteiger partial charge in [0.15, 0.2) is 0 Å². The molecular formula is C13H28N2O4+2. The Morgan fingerprint density at radius 1 is 0.895 bits per heavy atom. The molecule has 0 aromatic carbocycles. The van der Waals surface area contributed by atoms with Gasteiger partial charge in [0.1, 0.15) is 41.4 Å². The Hall–Kier alpha value is -0.920. The molecule has 0 aliphatic heterocycles. The molecule has 0 unspecified atom stereocenters. The van der Waals surface area contributed by atoms with Crippen molar-refractivity contribution in [1.82, 2.24) is 0 Å². The third kappa shape index (κ3) is 10.7. The van der Waals surface area contributed by atoms with Crippen LogP contribution < -0.4 is 0 Å². The molecular weight excluding hydrogens is 248 g/mol. The van der Waals surface area contributed by atoms with E-state index in [9.17, 15) is 0 Å². The van der Waals surface area contributed by atoms with Crippen LogP contribution in [0.5, 0.6) is 0 Å². The lowest BCUT2D eigenvalue weighted by Crippen LogP contribution is -2.53. The van der Waals surface area contributed by atoms with Gasteiger partial charge in [0.2, 0.25) is 0 Å². The summed E-state index contributed by atoms with van der Waals surface area (Å²) in [5.74, 6) is 0. The Bertz CT molecular complexity index is 267. The van der Waals surface area contributed by atoms with Crippen LogP contribution in [0.4, 0.5) is 0 Å². The van der Waals surface area contributed by atoms with E-state index in [0.717, 1.165) is 12.8 Å². The Labute approximate surface area is 116 Å². The summed E-state index contributed by atoms with van der Waals surface area (Å²) in [7, 11) is 7.17. The second-order valence-corrected chi connectivity index (χ2v) is 4.75. The molecule has 0 fully saturated rings. The molecule has 0 aromatic rings. The van der Waals surface area contributed by atoms with Crippen molar-refractivity contribution < 1.29 is 29.0 Å². The van der Waals surface area contributed by atoms with E-state index in [2.05, 4.69) is 13.2 Å². The first kappa shape index (κ1) is 18.1. The fourth-order valence-corrected chi connectivity index (χ4v) is 1.41. The molecule has 0 saturated heterocycles. The van der Waals surface area contributed by atoms with Gasteiger partial charge in [-0.15, -0.1) is 6.58 Å². The van der Waals surface area contributed by atoms with Crippen LogP contribution in [-0.2, 0) is 19.4 Å². The van der Waals surface area contributed by atoms with Crippen molar-refractivity contribution in [2.24, 2.45) is 0 Å². The lowest BCUT2D eigenvalue weighted by molar-refractivity contribution is -1.44. The Morgan fingerprint density at radius 3 is 2.05 bits per heavy atom. The summed E-state index contributed by atoms with van der Waals surface area (Å²) in [4.78, 5) is 16.7. The quantitative estimate of drug-likeness (QED) is 0.180. The SMILES string of the molecule is C=CCO[N+](C)(C)O[N+](C)(C)OCCCCOC=C. The van der Waals surface area contributed by atoms with Gasteiger partial charge in [-0.3, -0.25) is 0 Å². The Kier molecular flexibility index (Phi) is 8.62. The van der Waals surface area contributed by atoms with Gasteiger partial charge in [-0.25, -0.2) is 0 Å². The average Bonchev–Trinajstić information content (AvgIpc) is 2.30. The van der Waals surface area contributed by atoms with E-state index in [4.69, 9.17) is 19.4 Å². The molecule has 6 heteroatoms. The Morgan fingerprint density at radius 2 is 1.47 bits per heavy atom. The second-order valence-electron chi connectivity index (χ2n) is 4.75. The molecule has 0 radical (unpaired) electrons. The van der Waals surface area contributed by atoms with E-state index < -0.39 is 0 Å². The van der Waals surface area contributed by atoms with Crippen LogP contribution in [0.2, 0.25) is 0 Å². The summed E-state index contributed by atoms with van der Waals surface area (Å²) in [6.07, 6.45) is 4.92. The van der Waals surface area contributed by atoms with Crippen molar-refractivity contribution in [3.63, 3.8) is 0 Å². The zero-order valence-corrected chi connectivity index (χ0v) is 12.6. The molecule has 0 amide bonds. The van der Waals surface area contributed by atoms with Gasteiger partial charge in [0.05, 0.1) is 17.8 Å². The minimum Gasteiger partial charge on any atom is -0.502 e. The minimum atomic E-state index is -0.0708. The predicted octanol–water partition coefficient (Wildman–Crippen LogP) is 1.98. The summed E-state index contributed by atoms with van der Waals surface area (Å²) in [5.41, 5.74) is 0. The first-order chi connectivity index (χ1) is 8.83. The third-order valence-electron chi connectivity index (χ3n) is 2.07. The number of unbranched alkanes of at least 4 members (excludes halogenated alkanes) is 1. The lowest BCUT2D eigenvalue weighted by atomic mass is 10.3. The standard InChI is InChI=1S/C13H28N2O4/c1-7-11-17-14(3,4)19-15(5,6)18-13-10-9-12-16-8-2/h7-8H,1-2,9-13H2,3-6H3/q+2. The lowest BCUT2D eigenvalue weighted by Gasteiger charge is -2.29. The third-order valence-corrected chi connectivity index (χ3v) is 2.07. The van der Waals surface area contributed by atoms with E-state index in [1.54, 1.807) is 34.3 Å². The van der Waals surface area contributed by atoms with Crippen LogP contribution in [0.1, 0.15) is 12.8 Å². The highest BCUT2D eigenvalue weighted by molar-refractivity contribution is 4.62. The number of hydrogen-bond donors (Lipinski definition) is 0. The Balaban J connectivity index is 3.89. The number of nitrogens with zero attached hydrogens (tertiary/aromatic N) is 2. The predicted molar refractivity (Wildman–Crippen MR) is 72.8 cm³/mol. The smallest absolute Gasteiger partial charge is 0.138 e. The summed E-state index contributed by atoms with van der Waals surface area (Å²) in [5, 5.41) is 0. The molecule has 112 valence electrons. The summed E-state index contributed by atoms with van der Waals surface area (Å²) in [6, 6.07) is 0. The number of ether oxygens (including phenoxy) is 1. The molecule has 19 heavy (non-hydrogen) atoms. The highest BCUT2D eigenvalue weighted by Crippen LogP contribution is 2.11. The number of hydroxylamine groups is 8. The van der Waals surface area contributed by atoms with Crippen LogP contribution in [0.15, 0.2) is 25.5 Å². The topological polar surface area (TPSA) is 36.9 Å². The monoisotopic (exact) mass is 276 g/mol. The van der Waals surface area contributed by atoms with Crippen molar-refractivity contribution in [2.45, 2.75) is 12.8 Å². The van der Waals surface area contributed by atoms with Gasteiger partial charge in [0.25, 0.3) is 0 Å². The first-order valence-electron chi connectivity index (χ1n) is 6.35. The molecule has 0 heterocycles. The second kappa shape index (κ2) is 9.06. The van der Waals surface area contributed by atoms with Gasteiger partial charge in [-0.05, 0) is 12.8 Å². The van der Waals surface area contributed by atoms with Crippen molar-refractivity contribution in [3.8, 4) is 0 Å². The van der Waals surface area contributed by atoms with E-state index >= 15 is 0 Å². The molecule has 0 aliphatic rings. The molecule has 0 saturated carbocycles. The van der Waals surface area contributed by atoms with Crippen LogP contribution in [0.25, 0.3) is 0 Å². The molecule has 0 N–H and O–H groups in total. The van der Waals surface area contributed by atoms with E-state index in [-0.39, 0.29) is 9.62 Å². The first-order valence-corrected chi connectivity index (χ1v) is 6.35. The van der Waals surface area contributed by atoms with Gasteiger partial charge >= 0.3 is 0 Å². The highest BCUT2D eigenvalue weighted by Gasteiger charge is 2.34. The summed E-state index contributed by atoms with van der Waals surface area (Å²) >= 11 is 0. The fraction of sp³-hybridized carbons (Fsp3) is 0.692. The molecule has 0 atom stereocenters. The number of quaternary nitrogens is 2. The van der Waals surface area contributed by atoms with Crippen LogP contribution in [-0.4, -0.2) is 57.6 Å². The van der Waals surface area contributed by atoms with Gasteiger partial charge in [0, 0.05) is 9.62 Å². The summed E-state index contributed by atoms with van der Waals surface area (Å²) < 4.78 is 5.03.